The van der Waals surface area contributed by atoms with Gasteiger partial charge < -0.3 is 20.5 Å². The number of aliphatic hydroxyl groups is 1. The number of benzene rings is 2. The van der Waals surface area contributed by atoms with E-state index in [4.69, 9.17) is 4.74 Å². The lowest BCUT2D eigenvalue weighted by Crippen LogP contribution is -2.29. The van der Waals surface area contributed by atoms with Gasteiger partial charge in [0.05, 0.1) is 26.0 Å². The van der Waals surface area contributed by atoms with Crippen LogP contribution in [0.2, 0.25) is 0 Å². The Morgan fingerprint density at radius 1 is 1.15 bits per heavy atom. The Hall–Kier alpha value is -3.98. The molecule has 2 heterocycles. The molecule has 9 heteroatoms. The van der Waals surface area contributed by atoms with E-state index in [1.54, 1.807) is 48.5 Å². The number of hydrogen-bond donors (Lipinski definition) is 3. The van der Waals surface area contributed by atoms with Crippen molar-refractivity contribution in [2.45, 2.75) is 19.0 Å². The van der Waals surface area contributed by atoms with Gasteiger partial charge in [0.15, 0.2) is 11.6 Å². The second-order valence-corrected chi connectivity index (χ2v) is 8.11. The zero-order valence-electron chi connectivity index (χ0n) is 19.1. The lowest BCUT2D eigenvalue weighted by atomic mass is 10.00. The van der Waals surface area contributed by atoms with Crippen LogP contribution in [0.15, 0.2) is 61.1 Å². The molecule has 8 nitrogen and oxygen atoms in total. The van der Waals surface area contributed by atoms with Crippen LogP contribution in [0.3, 0.4) is 0 Å². The second-order valence-electron chi connectivity index (χ2n) is 8.11. The highest BCUT2D eigenvalue weighted by molar-refractivity contribution is 5.99. The number of ether oxygens (including phenoxy) is 1. The minimum atomic E-state index is -0.614. The molecule has 0 aliphatic carbocycles. The molecule has 0 aliphatic heterocycles. The fourth-order valence-corrected chi connectivity index (χ4v) is 3.68. The normalized spacial score (nSPS) is 12.9. The molecular weight excluding hydrogens is 437 g/mol. The van der Waals surface area contributed by atoms with Crippen molar-refractivity contribution >= 4 is 22.5 Å². The summed E-state index contributed by atoms with van der Waals surface area (Å²) in [6.45, 7) is 1.82. The van der Waals surface area contributed by atoms with Crippen LogP contribution in [0.25, 0.3) is 10.8 Å². The van der Waals surface area contributed by atoms with Crippen LogP contribution >= 0.6 is 0 Å². The number of carbonyl (C=O) groups excluding carboxylic acids is 1. The Balaban J connectivity index is 1.65. The van der Waals surface area contributed by atoms with Crippen LogP contribution in [0.5, 0.6) is 5.75 Å². The van der Waals surface area contributed by atoms with Gasteiger partial charge in [0.2, 0.25) is 0 Å². The molecule has 3 N–H and O–H groups in total. The van der Waals surface area contributed by atoms with Crippen molar-refractivity contribution in [3.8, 4) is 5.75 Å². The average Bonchev–Trinajstić information content (AvgIpc) is 3.27. The van der Waals surface area contributed by atoms with E-state index in [0.717, 1.165) is 16.3 Å². The van der Waals surface area contributed by atoms with Gasteiger partial charge in [0, 0.05) is 42.0 Å². The number of hydrogen-bond acceptors (Lipinski definition) is 6. The van der Waals surface area contributed by atoms with Gasteiger partial charge in [0.25, 0.3) is 5.91 Å². The van der Waals surface area contributed by atoms with Crippen molar-refractivity contribution in [2.24, 2.45) is 7.05 Å². The van der Waals surface area contributed by atoms with E-state index in [0.29, 0.717) is 16.9 Å². The van der Waals surface area contributed by atoms with Gasteiger partial charge in [-0.05, 0) is 48.2 Å². The minimum Gasteiger partial charge on any atom is -0.494 e. The first-order chi connectivity index (χ1) is 16.4. The molecule has 0 bridgehead atoms. The summed E-state index contributed by atoms with van der Waals surface area (Å²) in [6.07, 6.45) is 5.13. The number of nitrogens with one attached hydrogen (secondary N) is 2. The summed E-state index contributed by atoms with van der Waals surface area (Å²) >= 11 is 0. The van der Waals surface area contributed by atoms with Crippen LogP contribution in [0.4, 0.5) is 10.2 Å². The van der Waals surface area contributed by atoms with E-state index in [9.17, 15) is 14.3 Å². The Bertz CT molecular complexity index is 1320. The highest BCUT2D eigenvalue weighted by Crippen LogP contribution is 2.27. The number of aliphatic hydroxyl groups excluding tert-OH is 1. The fraction of sp³-hybridized carbons (Fsp3) is 0.240. The van der Waals surface area contributed by atoms with Crippen molar-refractivity contribution in [3.63, 3.8) is 0 Å². The summed E-state index contributed by atoms with van der Waals surface area (Å²) in [5.74, 6) is -0.0999. The smallest absolute Gasteiger partial charge is 0.252 e. The van der Waals surface area contributed by atoms with Gasteiger partial charge in [-0.25, -0.2) is 9.37 Å². The molecular formula is C25H26FN5O3. The number of methoxy groups -OCH3 is 1. The summed E-state index contributed by atoms with van der Waals surface area (Å²) in [7, 11) is 3.18. The average molecular weight is 464 g/mol. The molecule has 1 amide bonds. The molecule has 0 unspecified atom stereocenters. The van der Waals surface area contributed by atoms with Crippen LogP contribution in [0, 0.1) is 5.82 Å². The second kappa shape index (κ2) is 9.88. The third kappa shape index (κ3) is 4.99. The third-order valence-electron chi connectivity index (χ3n) is 5.49. The summed E-state index contributed by atoms with van der Waals surface area (Å²) < 4.78 is 21.1. The zero-order chi connectivity index (χ0) is 24.2. The molecule has 0 aliphatic rings. The van der Waals surface area contributed by atoms with Gasteiger partial charge in [-0.3, -0.25) is 9.48 Å². The molecule has 2 aromatic heterocycles. The first-order valence-electron chi connectivity index (χ1n) is 10.8. The molecule has 34 heavy (non-hydrogen) atoms. The number of rotatable bonds is 8. The number of carbonyl (C=O) groups is 1. The number of halogens is 1. The van der Waals surface area contributed by atoms with E-state index in [1.807, 2.05) is 19.1 Å². The van der Waals surface area contributed by atoms with Gasteiger partial charge in [-0.15, -0.1) is 0 Å². The molecule has 176 valence electrons. The number of nitrogens with zero attached hydrogens (tertiary/aromatic N) is 3. The van der Waals surface area contributed by atoms with Gasteiger partial charge in [0.1, 0.15) is 5.82 Å². The van der Waals surface area contributed by atoms with Gasteiger partial charge >= 0.3 is 0 Å². The van der Waals surface area contributed by atoms with Crippen LogP contribution in [-0.4, -0.2) is 45.5 Å². The maximum Gasteiger partial charge on any atom is 0.252 e. The lowest BCUT2D eigenvalue weighted by Gasteiger charge is -2.19. The number of amides is 1. The van der Waals surface area contributed by atoms with E-state index in [2.05, 4.69) is 20.7 Å². The zero-order valence-corrected chi connectivity index (χ0v) is 19.1. The summed E-state index contributed by atoms with van der Waals surface area (Å²) in [4.78, 5) is 17.6. The van der Waals surface area contributed by atoms with Crippen molar-refractivity contribution in [1.82, 2.24) is 20.1 Å². The molecule has 0 fully saturated rings. The Labute approximate surface area is 196 Å². The highest BCUT2D eigenvalue weighted by atomic mass is 19.1. The molecule has 0 saturated carbocycles. The SMILES string of the molecule is COc1ccc([C@H](NC(=O)c2ccc3cnc(N[C@@H](C)CO)cc3c2)c2cnn(C)c2)cc1F. The molecule has 0 saturated heterocycles. The van der Waals surface area contributed by atoms with E-state index in [-0.39, 0.29) is 24.3 Å². The Morgan fingerprint density at radius 2 is 1.97 bits per heavy atom. The number of fused-ring (bicyclic) bond motifs is 1. The highest BCUT2D eigenvalue weighted by Gasteiger charge is 2.21. The number of aromatic nitrogens is 3. The Morgan fingerprint density at radius 3 is 2.65 bits per heavy atom. The van der Waals surface area contributed by atoms with Crippen LogP contribution in [-0.2, 0) is 7.05 Å². The quantitative estimate of drug-likeness (QED) is 0.370. The maximum absolute atomic E-state index is 14.4. The third-order valence-corrected chi connectivity index (χ3v) is 5.49. The van der Waals surface area contributed by atoms with Gasteiger partial charge in [-0.1, -0.05) is 12.1 Å². The van der Waals surface area contributed by atoms with E-state index < -0.39 is 11.9 Å². The van der Waals surface area contributed by atoms with E-state index in [1.165, 1.54) is 19.2 Å². The fourth-order valence-electron chi connectivity index (χ4n) is 3.68. The van der Waals surface area contributed by atoms with Crippen molar-refractivity contribution in [2.75, 3.05) is 19.0 Å². The molecule has 2 atom stereocenters. The monoisotopic (exact) mass is 463 g/mol. The Kier molecular flexibility index (Phi) is 6.74. The molecule has 4 rings (SSSR count). The largest absolute Gasteiger partial charge is 0.494 e. The van der Waals surface area contributed by atoms with Crippen LogP contribution < -0.4 is 15.4 Å². The van der Waals surface area contributed by atoms with E-state index >= 15 is 0 Å². The topological polar surface area (TPSA) is 101 Å². The predicted molar refractivity (Wildman–Crippen MR) is 127 cm³/mol. The number of anilines is 1. The van der Waals surface area contributed by atoms with Crippen LogP contribution in [0.1, 0.15) is 34.5 Å². The maximum atomic E-state index is 14.4. The van der Waals surface area contributed by atoms with Crippen molar-refractivity contribution < 1.29 is 19.0 Å². The molecule has 4 aromatic rings. The number of pyridine rings is 1. The predicted octanol–water partition coefficient (Wildman–Crippen LogP) is 3.43. The molecule has 2 aromatic carbocycles. The first kappa shape index (κ1) is 23.2. The van der Waals surface area contributed by atoms with Gasteiger partial charge in [-0.2, -0.15) is 5.10 Å². The summed E-state index contributed by atoms with van der Waals surface area (Å²) in [5.41, 5.74) is 1.73. The molecule has 0 radical (unpaired) electrons. The van der Waals surface area contributed by atoms with Crippen molar-refractivity contribution in [3.05, 3.63) is 83.6 Å². The lowest BCUT2D eigenvalue weighted by molar-refractivity contribution is 0.0943. The first-order valence-corrected chi connectivity index (χ1v) is 10.8. The van der Waals surface area contributed by atoms with Crippen molar-refractivity contribution in [1.29, 1.82) is 0 Å². The standard InChI is InChI=1S/C25H26FN5O3/c1-15(14-32)29-23-10-19-8-17(4-5-18(19)11-27-23)25(33)30-24(20-12-28-31(2)13-20)16-6-7-22(34-3)21(26)9-16/h4-13,15,24,32H,14H2,1-3H3,(H,27,29)(H,30,33)/t15-,24-/m0/s1. The summed E-state index contributed by atoms with van der Waals surface area (Å²) in [5, 5.41) is 21.3. The number of aryl methyl sites for hydroxylation is 1. The minimum absolute atomic E-state index is 0.0240. The molecule has 0 spiro atoms. The summed E-state index contributed by atoms with van der Waals surface area (Å²) in [6, 6.07) is 11.0.